The van der Waals surface area contributed by atoms with Gasteiger partial charge in [0.1, 0.15) is 0 Å². The van der Waals surface area contributed by atoms with Gasteiger partial charge < -0.3 is 0 Å². The summed E-state index contributed by atoms with van der Waals surface area (Å²) in [5.41, 5.74) is 3.25. The van der Waals surface area contributed by atoms with Gasteiger partial charge in [0.25, 0.3) is 0 Å². The molecule has 0 saturated heterocycles. The lowest BCUT2D eigenvalue weighted by atomic mass is 9.79. The Labute approximate surface area is 107 Å². The molecule has 2 rings (SSSR count). The zero-order valence-corrected chi connectivity index (χ0v) is 12.0. The normalized spacial score (nSPS) is 18.3. The second-order valence-corrected chi connectivity index (χ2v) is 5.26. The number of hydrogen-bond acceptors (Lipinski definition) is 0. The maximum atomic E-state index is 2.35. The van der Waals surface area contributed by atoms with E-state index < -0.39 is 0 Å². The van der Waals surface area contributed by atoms with Crippen LogP contribution in [0.4, 0.5) is 0 Å². The molecule has 0 heterocycles. The van der Waals surface area contributed by atoms with Gasteiger partial charge in [-0.15, -0.1) is 0 Å². The van der Waals surface area contributed by atoms with Crippen molar-refractivity contribution in [1.82, 2.24) is 0 Å². The van der Waals surface area contributed by atoms with Gasteiger partial charge in [0.2, 0.25) is 0 Å². The number of hydrogen-bond donors (Lipinski definition) is 0. The second kappa shape index (κ2) is 7.53. The molecule has 0 bridgehead atoms. The molecule has 1 unspecified atom stereocenters. The van der Waals surface area contributed by atoms with Crippen LogP contribution in [-0.4, -0.2) is 0 Å². The monoisotopic (exact) mass is 232 g/mol. The zero-order valence-electron chi connectivity index (χ0n) is 12.0. The highest BCUT2D eigenvalue weighted by atomic mass is 14.2. The first-order valence-electron chi connectivity index (χ1n) is 7.35. The topological polar surface area (TPSA) is 0 Å². The van der Waals surface area contributed by atoms with Gasteiger partial charge in [-0.3, -0.25) is 0 Å². The maximum Gasteiger partial charge on any atom is -0.0159 e. The van der Waals surface area contributed by atoms with Gasteiger partial charge in [0.15, 0.2) is 0 Å². The zero-order chi connectivity index (χ0) is 12.7. The molecular weight excluding hydrogens is 204 g/mol. The van der Waals surface area contributed by atoms with Gasteiger partial charge in [-0.2, -0.15) is 0 Å². The Bertz CT molecular complexity index is 312. The first-order chi connectivity index (χ1) is 8.27. The van der Waals surface area contributed by atoms with E-state index >= 15 is 0 Å². The average Bonchev–Trinajstić information content (AvgIpc) is 2.38. The van der Waals surface area contributed by atoms with Crippen molar-refractivity contribution >= 4 is 0 Å². The Morgan fingerprint density at radius 2 is 1.88 bits per heavy atom. The van der Waals surface area contributed by atoms with Crippen molar-refractivity contribution in [2.24, 2.45) is 5.92 Å². The van der Waals surface area contributed by atoms with Gasteiger partial charge in [-0.25, -0.2) is 0 Å². The molecule has 0 N–H and O–H groups in total. The van der Waals surface area contributed by atoms with Crippen molar-refractivity contribution in [3.8, 4) is 0 Å². The fourth-order valence-corrected chi connectivity index (χ4v) is 2.69. The predicted octanol–water partition coefficient (Wildman–Crippen LogP) is 5.57. The molecule has 0 heteroatoms. The Hall–Kier alpha value is -0.780. The summed E-state index contributed by atoms with van der Waals surface area (Å²) in [6, 6.07) is 9.05. The summed E-state index contributed by atoms with van der Waals surface area (Å²) >= 11 is 0. The molecule has 1 aromatic carbocycles. The second-order valence-electron chi connectivity index (χ2n) is 5.26. The summed E-state index contributed by atoms with van der Waals surface area (Å²) < 4.78 is 0. The number of fused-ring (bicyclic) bond motifs is 1. The van der Waals surface area contributed by atoms with E-state index in [0.29, 0.717) is 0 Å². The van der Waals surface area contributed by atoms with Gasteiger partial charge in [0, 0.05) is 0 Å². The minimum absolute atomic E-state index is 0.845. The van der Waals surface area contributed by atoms with Crippen LogP contribution in [0.1, 0.15) is 70.4 Å². The lowest BCUT2D eigenvalue weighted by molar-refractivity contribution is 0.456. The van der Waals surface area contributed by atoms with Crippen LogP contribution in [0, 0.1) is 5.92 Å². The summed E-state index contributed by atoms with van der Waals surface area (Å²) in [4.78, 5) is 0. The van der Waals surface area contributed by atoms with Crippen LogP contribution < -0.4 is 0 Å². The van der Waals surface area contributed by atoms with Crippen molar-refractivity contribution in [3.63, 3.8) is 0 Å². The van der Waals surface area contributed by atoms with E-state index in [0.717, 1.165) is 11.8 Å². The van der Waals surface area contributed by atoms with E-state index in [4.69, 9.17) is 0 Å². The molecule has 1 aromatic rings. The molecule has 0 aromatic heterocycles. The van der Waals surface area contributed by atoms with Crippen molar-refractivity contribution in [2.75, 3.05) is 0 Å². The van der Waals surface area contributed by atoms with E-state index in [1.54, 1.807) is 11.1 Å². The van der Waals surface area contributed by atoms with Crippen LogP contribution in [0.5, 0.6) is 0 Å². The third kappa shape index (κ3) is 4.18. The highest BCUT2D eigenvalue weighted by Gasteiger charge is 2.19. The molecule has 1 aliphatic carbocycles. The van der Waals surface area contributed by atoms with Crippen molar-refractivity contribution < 1.29 is 0 Å². The van der Waals surface area contributed by atoms with E-state index in [9.17, 15) is 0 Å². The van der Waals surface area contributed by atoms with Crippen molar-refractivity contribution in [2.45, 2.75) is 65.7 Å². The quantitative estimate of drug-likeness (QED) is 0.639. The SMILES string of the molecule is CC.CC(C)CCC1CCCc2ccccc21. The Morgan fingerprint density at radius 1 is 1.18 bits per heavy atom. The Morgan fingerprint density at radius 3 is 2.59 bits per heavy atom. The van der Waals surface area contributed by atoms with Gasteiger partial charge in [0.05, 0.1) is 0 Å². The largest absolute Gasteiger partial charge is 0.0683 e. The van der Waals surface area contributed by atoms with E-state index in [1.165, 1.54) is 32.1 Å². The summed E-state index contributed by atoms with van der Waals surface area (Å²) in [6.07, 6.45) is 6.85. The molecule has 0 radical (unpaired) electrons. The third-order valence-corrected chi connectivity index (χ3v) is 3.59. The fraction of sp³-hybridized carbons (Fsp3) is 0.647. The lowest BCUT2D eigenvalue weighted by Crippen LogP contribution is -2.10. The molecule has 0 aliphatic heterocycles. The summed E-state index contributed by atoms with van der Waals surface area (Å²) in [5, 5.41) is 0. The molecule has 0 nitrogen and oxygen atoms in total. The summed E-state index contributed by atoms with van der Waals surface area (Å²) in [6.45, 7) is 8.66. The smallest absolute Gasteiger partial charge is 0.0159 e. The summed E-state index contributed by atoms with van der Waals surface area (Å²) in [7, 11) is 0. The lowest BCUT2D eigenvalue weighted by Gasteiger charge is -2.26. The Kier molecular flexibility index (Phi) is 6.32. The van der Waals surface area contributed by atoms with E-state index in [-0.39, 0.29) is 0 Å². The van der Waals surface area contributed by atoms with Crippen LogP contribution in [0.3, 0.4) is 0 Å². The van der Waals surface area contributed by atoms with Gasteiger partial charge in [-0.05, 0) is 48.6 Å². The number of benzene rings is 1. The highest BCUT2D eigenvalue weighted by molar-refractivity contribution is 5.32. The van der Waals surface area contributed by atoms with Crippen molar-refractivity contribution in [1.29, 1.82) is 0 Å². The molecule has 0 amide bonds. The molecule has 1 aliphatic rings. The molecular formula is C17H28. The minimum Gasteiger partial charge on any atom is -0.0683 e. The molecule has 96 valence electrons. The Balaban J connectivity index is 0.000000686. The first-order valence-corrected chi connectivity index (χ1v) is 7.35. The van der Waals surface area contributed by atoms with Gasteiger partial charge >= 0.3 is 0 Å². The molecule has 1 atom stereocenters. The highest BCUT2D eigenvalue weighted by Crippen LogP contribution is 2.35. The number of rotatable bonds is 3. The predicted molar refractivity (Wildman–Crippen MR) is 77.5 cm³/mol. The average molecular weight is 232 g/mol. The van der Waals surface area contributed by atoms with Gasteiger partial charge in [-0.1, -0.05) is 58.4 Å². The minimum atomic E-state index is 0.845. The molecule has 0 saturated carbocycles. The molecule has 0 spiro atoms. The third-order valence-electron chi connectivity index (χ3n) is 3.59. The van der Waals surface area contributed by atoms with Crippen LogP contribution in [0.25, 0.3) is 0 Å². The fourth-order valence-electron chi connectivity index (χ4n) is 2.69. The van der Waals surface area contributed by atoms with E-state index in [2.05, 4.69) is 38.1 Å². The summed E-state index contributed by atoms with van der Waals surface area (Å²) in [5.74, 6) is 1.69. The van der Waals surface area contributed by atoms with Crippen LogP contribution >= 0.6 is 0 Å². The molecule has 0 fully saturated rings. The van der Waals surface area contributed by atoms with Crippen LogP contribution in [0.15, 0.2) is 24.3 Å². The van der Waals surface area contributed by atoms with Crippen molar-refractivity contribution in [3.05, 3.63) is 35.4 Å². The maximum absolute atomic E-state index is 2.35. The van der Waals surface area contributed by atoms with Crippen LogP contribution in [0.2, 0.25) is 0 Å². The van der Waals surface area contributed by atoms with Crippen LogP contribution in [-0.2, 0) is 6.42 Å². The number of aryl methyl sites for hydroxylation is 1. The molecule has 17 heavy (non-hydrogen) atoms. The standard InChI is InChI=1S/C15H22.C2H6/c1-12(2)10-11-14-8-5-7-13-6-3-4-9-15(13)14;1-2/h3-4,6,9,12,14H,5,7-8,10-11H2,1-2H3;1-2H3. The first kappa shape index (κ1) is 14.3. The van der Waals surface area contributed by atoms with E-state index in [1.807, 2.05) is 13.8 Å².